The summed E-state index contributed by atoms with van der Waals surface area (Å²) in [6.45, 7) is 3.44. The Kier molecular flexibility index (Phi) is 4.50. The first-order valence-corrected chi connectivity index (χ1v) is 6.57. The van der Waals surface area contributed by atoms with Crippen LogP contribution in [0.1, 0.15) is 25.0 Å². The van der Waals surface area contributed by atoms with E-state index in [0.717, 1.165) is 0 Å². The number of hydrogen-bond acceptors (Lipinski definition) is 3. The molecule has 5 heteroatoms. The van der Waals surface area contributed by atoms with E-state index in [9.17, 15) is 14.3 Å². The molecule has 19 heavy (non-hydrogen) atoms. The van der Waals surface area contributed by atoms with Crippen molar-refractivity contribution in [2.75, 3.05) is 19.6 Å². The second-order valence-electron chi connectivity index (χ2n) is 4.75. The Morgan fingerprint density at radius 1 is 1.53 bits per heavy atom. The fourth-order valence-electron chi connectivity index (χ4n) is 2.49. The van der Waals surface area contributed by atoms with Gasteiger partial charge in [-0.15, -0.1) is 0 Å². The van der Waals surface area contributed by atoms with Gasteiger partial charge >= 0.3 is 0 Å². The molecule has 1 aromatic rings. The van der Waals surface area contributed by atoms with Gasteiger partial charge < -0.3 is 10.4 Å². The fourth-order valence-corrected chi connectivity index (χ4v) is 2.49. The molecule has 1 saturated heterocycles. The summed E-state index contributed by atoms with van der Waals surface area (Å²) in [6, 6.07) is 5.95. The molecule has 0 radical (unpaired) electrons. The molecular weight excluding hydrogens is 247 g/mol. The Hall–Kier alpha value is -1.46. The number of β-amino-alcohol motifs (C(OH)–C–C–N with tert-alkyl or cyclic N) is 1. The maximum absolute atomic E-state index is 13.6. The summed E-state index contributed by atoms with van der Waals surface area (Å²) in [6.07, 6.45) is -0.239. The Labute approximate surface area is 112 Å². The van der Waals surface area contributed by atoms with E-state index >= 15 is 0 Å². The van der Waals surface area contributed by atoms with Crippen LogP contribution < -0.4 is 5.32 Å². The molecule has 0 aromatic heterocycles. The summed E-state index contributed by atoms with van der Waals surface area (Å²) in [5.41, 5.74) is 0.281. The summed E-state index contributed by atoms with van der Waals surface area (Å²) >= 11 is 0. The van der Waals surface area contributed by atoms with Crippen molar-refractivity contribution in [3.8, 4) is 0 Å². The molecule has 0 aliphatic carbocycles. The zero-order valence-corrected chi connectivity index (χ0v) is 11.0. The zero-order valence-electron chi connectivity index (χ0n) is 11.0. The molecule has 2 N–H and O–H groups in total. The number of halogens is 1. The zero-order chi connectivity index (χ0) is 13.8. The first-order chi connectivity index (χ1) is 9.13. The van der Waals surface area contributed by atoms with Crippen molar-refractivity contribution >= 4 is 5.91 Å². The standard InChI is InChI=1S/C14H19FN2O2/c1-2-12-14(19)16-7-8-17(12)9-13(18)10-5-3-4-6-11(10)15/h3-6,12-13,18H,2,7-9H2,1H3,(H,16,19). The van der Waals surface area contributed by atoms with Crippen LogP contribution in [-0.2, 0) is 4.79 Å². The van der Waals surface area contributed by atoms with E-state index in [-0.39, 0.29) is 24.1 Å². The van der Waals surface area contributed by atoms with Crippen molar-refractivity contribution < 1.29 is 14.3 Å². The lowest BCUT2D eigenvalue weighted by Crippen LogP contribution is -2.55. The van der Waals surface area contributed by atoms with Crippen molar-refractivity contribution in [3.63, 3.8) is 0 Å². The lowest BCUT2D eigenvalue weighted by Gasteiger charge is -2.35. The van der Waals surface area contributed by atoms with E-state index in [1.807, 2.05) is 11.8 Å². The quantitative estimate of drug-likeness (QED) is 0.857. The molecule has 1 heterocycles. The summed E-state index contributed by atoms with van der Waals surface area (Å²) in [4.78, 5) is 13.6. The number of carbonyl (C=O) groups excluding carboxylic acids is 1. The first-order valence-electron chi connectivity index (χ1n) is 6.57. The van der Waals surface area contributed by atoms with Gasteiger partial charge in [-0.05, 0) is 12.5 Å². The Morgan fingerprint density at radius 2 is 2.26 bits per heavy atom. The highest BCUT2D eigenvalue weighted by molar-refractivity contribution is 5.82. The predicted octanol–water partition coefficient (Wildman–Crippen LogP) is 1.07. The van der Waals surface area contributed by atoms with Gasteiger partial charge in [0, 0.05) is 25.2 Å². The molecule has 0 saturated carbocycles. The van der Waals surface area contributed by atoms with Crippen molar-refractivity contribution in [1.82, 2.24) is 10.2 Å². The lowest BCUT2D eigenvalue weighted by atomic mass is 10.1. The third-order valence-electron chi connectivity index (χ3n) is 3.50. The average Bonchev–Trinajstić information content (AvgIpc) is 2.39. The van der Waals surface area contributed by atoms with E-state index in [0.29, 0.717) is 19.5 Å². The topological polar surface area (TPSA) is 52.6 Å². The number of nitrogens with zero attached hydrogens (tertiary/aromatic N) is 1. The number of amides is 1. The van der Waals surface area contributed by atoms with Crippen LogP contribution in [0.25, 0.3) is 0 Å². The number of nitrogens with one attached hydrogen (secondary N) is 1. The van der Waals surface area contributed by atoms with Gasteiger partial charge in [0.25, 0.3) is 0 Å². The van der Waals surface area contributed by atoms with Crippen LogP contribution in [0.15, 0.2) is 24.3 Å². The van der Waals surface area contributed by atoms with Gasteiger partial charge in [0.1, 0.15) is 5.82 Å². The third-order valence-corrected chi connectivity index (χ3v) is 3.50. The molecule has 1 aliphatic rings. The number of aliphatic hydroxyl groups excluding tert-OH is 1. The van der Waals surface area contributed by atoms with Crippen LogP contribution in [0, 0.1) is 5.82 Å². The van der Waals surface area contributed by atoms with Crippen LogP contribution in [0.4, 0.5) is 4.39 Å². The predicted molar refractivity (Wildman–Crippen MR) is 70.0 cm³/mol. The minimum atomic E-state index is -0.916. The molecule has 1 fully saturated rings. The Balaban J connectivity index is 2.07. The van der Waals surface area contributed by atoms with Gasteiger partial charge in [0.15, 0.2) is 0 Å². The maximum atomic E-state index is 13.6. The minimum absolute atomic E-state index is 0.0190. The SMILES string of the molecule is CCC1C(=O)NCCN1CC(O)c1ccccc1F. The molecule has 1 aliphatic heterocycles. The number of benzene rings is 1. The van der Waals surface area contributed by atoms with Gasteiger partial charge in [-0.25, -0.2) is 4.39 Å². The van der Waals surface area contributed by atoms with E-state index in [2.05, 4.69) is 5.32 Å². The number of rotatable bonds is 4. The van der Waals surface area contributed by atoms with Crippen molar-refractivity contribution in [1.29, 1.82) is 0 Å². The molecule has 2 rings (SSSR count). The number of piperazine rings is 1. The van der Waals surface area contributed by atoms with Crippen LogP contribution in [0.2, 0.25) is 0 Å². The highest BCUT2D eigenvalue weighted by Gasteiger charge is 2.29. The molecule has 1 amide bonds. The fraction of sp³-hybridized carbons (Fsp3) is 0.500. The van der Waals surface area contributed by atoms with E-state index in [4.69, 9.17) is 0 Å². The molecule has 1 aromatic carbocycles. The summed E-state index contributed by atoms with van der Waals surface area (Å²) in [7, 11) is 0. The molecule has 2 unspecified atom stereocenters. The van der Waals surface area contributed by atoms with Crippen molar-refractivity contribution in [2.45, 2.75) is 25.5 Å². The third kappa shape index (κ3) is 3.11. The molecule has 0 bridgehead atoms. The average molecular weight is 266 g/mol. The van der Waals surface area contributed by atoms with Gasteiger partial charge in [0.05, 0.1) is 12.1 Å². The monoisotopic (exact) mass is 266 g/mol. The van der Waals surface area contributed by atoms with E-state index in [1.165, 1.54) is 6.07 Å². The lowest BCUT2D eigenvalue weighted by molar-refractivity contribution is -0.129. The highest BCUT2D eigenvalue weighted by atomic mass is 19.1. The maximum Gasteiger partial charge on any atom is 0.237 e. The largest absolute Gasteiger partial charge is 0.387 e. The molecule has 104 valence electrons. The summed E-state index contributed by atoms with van der Waals surface area (Å²) in [5, 5.41) is 12.9. The molecule has 2 atom stereocenters. The number of hydrogen-bond donors (Lipinski definition) is 2. The molecule has 4 nitrogen and oxygen atoms in total. The van der Waals surface area contributed by atoms with Crippen LogP contribution >= 0.6 is 0 Å². The Bertz CT molecular complexity index is 453. The first kappa shape index (κ1) is 14.0. The van der Waals surface area contributed by atoms with Crippen molar-refractivity contribution in [2.24, 2.45) is 0 Å². The van der Waals surface area contributed by atoms with E-state index in [1.54, 1.807) is 18.2 Å². The van der Waals surface area contributed by atoms with Crippen molar-refractivity contribution in [3.05, 3.63) is 35.6 Å². The van der Waals surface area contributed by atoms with Gasteiger partial charge in [-0.3, -0.25) is 9.69 Å². The normalized spacial score (nSPS) is 22.1. The van der Waals surface area contributed by atoms with Crippen LogP contribution in [0.3, 0.4) is 0 Å². The number of aliphatic hydroxyl groups is 1. The van der Waals surface area contributed by atoms with Gasteiger partial charge in [-0.1, -0.05) is 25.1 Å². The van der Waals surface area contributed by atoms with Crippen LogP contribution in [0.5, 0.6) is 0 Å². The van der Waals surface area contributed by atoms with Crippen LogP contribution in [-0.4, -0.2) is 41.6 Å². The second-order valence-corrected chi connectivity index (χ2v) is 4.75. The van der Waals surface area contributed by atoms with Gasteiger partial charge in [-0.2, -0.15) is 0 Å². The smallest absolute Gasteiger partial charge is 0.237 e. The second kappa shape index (κ2) is 6.12. The minimum Gasteiger partial charge on any atom is -0.387 e. The summed E-state index contributed by atoms with van der Waals surface area (Å²) < 4.78 is 13.6. The molecule has 0 spiro atoms. The Morgan fingerprint density at radius 3 is 2.95 bits per heavy atom. The number of carbonyl (C=O) groups is 1. The van der Waals surface area contributed by atoms with Gasteiger partial charge in [0.2, 0.25) is 5.91 Å². The summed E-state index contributed by atoms with van der Waals surface area (Å²) in [5.74, 6) is -0.431. The van der Waals surface area contributed by atoms with E-state index < -0.39 is 11.9 Å². The highest BCUT2D eigenvalue weighted by Crippen LogP contribution is 2.20. The molecular formula is C14H19FN2O2.